The molecule has 30 heavy (non-hydrogen) atoms. The van der Waals surface area contributed by atoms with Gasteiger partial charge in [0.15, 0.2) is 18.1 Å². The molecule has 0 spiro atoms. The zero-order valence-corrected chi connectivity index (χ0v) is 19.3. The van der Waals surface area contributed by atoms with Crippen LogP contribution in [0.3, 0.4) is 0 Å². The van der Waals surface area contributed by atoms with Gasteiger partial charge >= 0.3 is 5.97 Å². The summed E-state index contributed by atoms with van der Waals surface area (Å²) in [6, 6.07) is 10.6. The molecule has 10 heteroatoms. The molecule has 0 atom stereocenters. The molecule has 2 aromatic rings. The first-order valence-electron chi connectivity index (χ1n) is 8.50. The van der Waals surface area contributed by atoms with Crippen molar-refractivity contribution in [1.82, 2.24) is 4.90 Å². The highest BCUT2D eigenvalue weighted by molar-refractivity contribution is 14.1. The number of ether oxygens (including phenoxy) is 2. The second kappa shape index (κ2) is 9.71. The first-order chi connectivity index (χ1) is 14.3. The summed E-state index contributed by atoms with van der Waals surface area (Å²) in [7, 11) is 1.39. The van der Waals surface area contributed by atoms with Crippen LogP contribution in [0.5, 0.6) is 11.5 Å². The molecular formula is C20H15ClINO6S. The number of imide groups is 1. The molecule has 156 valence electrons. The van der Waals surface area contributed by atoms with Gasteiger partial charge in [-0.3, -0.25) is 14.5 Å². The normalized spacial score (nSPS) is 15.0. The number of hydrogen-bond acceptors (Lipinski definition) is 6. The van der Waals surface area contributed by atoms with E-state index in [1.165, 1.54) is 24.2 Å². The van der Waals surface area contributed by atoms with Crippen LogP contribution in [0.1, 0.15) is 11.1 Å². The van der Waals surface area contributed by atoms with Crippen LogP contribution in [-0.4, -0.2) is 40.8 Å². The molecule has 0 radical (unpaired) electrons. The molecule has 0 saturated carbocycles. The summed E-state index contributed by atoms with van der Waals surface area (Å²) in [5.74, 6) is -1.25. The van der Waals surface area contributed by atoms with Crippen LogP contribution >= 0.6 is 46.0 Å². The zero-order valence-electron chi connectivity index (χ0n) is 15.6. The minimum atomic E-state index is -1.15. The predicted molar refractivity (Wildman–Crippen MR) is 122 cm³/mol. The van der Waals surface area contributed by atoms with Gasteiger partial charge in [0.1, 0.15) is 0 Å². The number of benzene rings is 2. The van der Waals surface area contributed by atoms with Crippen molar-refractivity contribution in [3.8, 4) is 11.5 Å². The lowest BCUT2D eigenvalue weighted by molar-refractivity contribution is -0.139. The lowest BCUT2D eigenvalue weighted by Gasteiger charge is -2.13. The Morgan fingerprint density at radius 3 is 2.60 bits per heavy atom. The van der Waals surface area contributed by atoms with E-state index >= 15 is 0 Å². The Kier molecular flexibility index (Phi) is 7.27. The number of carboxylic acid groups (broad SMARTS) is 1. The monoisotopic (exact) mass is 559 g/mol. The number of carboxylic acids is 1. The molecular weight excluding hydrogens is 545 g/mol. The third-order valence-corrected chi connectivity index (χ3v) is 5.92. The van der Waals surface area contributed by atoms with Gasteiger partial charge in [0.2, 0.25) is 0 Å². The number of amides is 2. The number of carbonyl (C=O) groups excluding carboxylic acids is 2. The molecule has 0 aliphatic carbocycles. The van der Waals surface area contributed by atoms with Crippen LogP contribution in [0.25, 0.3) is 6.08 Å². The van der Waals surface area contributed by atoms with Crippen LogP contribution in [0, 0.1) is 3.57 Å². The summed E-state index contributed by atoms with van der Waals surface area (Å²) in [5.41, 5.74) is 1.36. The lowest BCUT2D eigenvalue weighted by atomic mass is 10.1. The summed E-state index contributed by atoms with van der Waals surface area (Å²) in [6.07, 6.45) is 1.54. The number of rotatable bonds is 7. The average Bonchev–Trinajstić information content (AvgIpc) is 2.95. The highest BCUT2D eigenvalue weighted by atomic mass is 127. The molecule has 0 bridgehead atoms. The minimum absolute atomic E-state index is 0.0885. The molecule has 2 aromatic carbocycles. The summed E-state index contributed by atoms with van der Waals surface area (Å²) in [4.78, 5) is 37.3. The number of hydrogen-bond donors (Lipinski definition) is 1. The van der Waals surface area contributed by atoms with Crippen molar-refractivity contribution in [2.24, 2.45) is 0 Å². The molecule has 1 aliphatic heterocycles. The predicted octanol–water partition coefficient (Wildman–Crippen LogP) is 4.65. The van der Waals surface area contributed by atoms with Gasteiger partial charge in [0.05, 0.1) is 23.6 Å². The van der Waals surface area contributed by atoms with Crippen molar-refractivity contribution in [1.29, 1.82) is 0 Å². The Labute approximate surface area is 195 Å². The molecule has 7 nitrogen and oxygen atoms in total. The number of thioether (sulfide) groups is 1. The molecule has 0 aromatic heterocycles. The summed E-state index contributed by atoms with van der Waals surface area (Å²) < 4.78 is 11.4. The van der Waals surface area contributed by atoms with Crippen molar-refractivity contribution >= 4 is 69.1 Å². The number of methoxy groups -OCH3 is 1. The van der Waals surface area contributed by atoms with Crippen molar-refractivity contribution < 1.29 is 29.0 Å². The first-order valence-corrected chi connectivity index (χ1v) is 10.8. The Hall–Kier alpha value is -2.24. The maximum absolute atomic E-state index is 12.7. The van der Waals surface area contributed by atoms with E-state index in [0.29, 0.717) is 5.56 Å². The third-order valence-electron chi connectivity index (χ3n) is 4.02. The van der Waals surface area contributed by atoms with E-state index in [-0.39, 0.29) is 33.2 Å². The van der Waals surface area contributed by atoms with Gasteiger partial charge in [0.25, 0.3) is 11.1 Å². The molecule has 1 heterocycles. The van der Waals surface area contributed by atoms with Gasteiger partial charge in [-0.2, -0.15) is 0 Å². The van der Waals surface area contributed by atoms with Crippen molar-refractivity contribution in [3.63, 3.8) is 0 Å². The van der Waals surface area contributed by atoms with Crippen molar-refractivity contribution in [2.45, 2.75) is 6.54 Å². The van der Waals surface area contributed by atoms with E-state index in [4.69, 9.17) is 26.2 Å². The molecule has 1 saturated heterocycles. The van der Waals surface area contributed by atoms with Gasteiger partial charge in [-0.15, -0.1) is 0 Å². The molecule has 0 unspecified atom stereocenters. The fourth-order valence-electron chi connectivity index (χ4n) is 2.66. The summed E-state index contributed by atoms with van der Waals surface area (Å²) in [5, 5.41) is 8.54. The number of carbonyl (C=O) groups is 3. The van der Waals surface area contributed by atoms with Crippen molar-refractivity contribution in [2.75, 3.05) is 13.7 Å². The topological polar surface area (TPSA) is 93.1 Å². The van der Waals surface area contributed by atoms with Gasteiger partial charge in [-0.1, -0.05) is 23.7 Å². The van der Waals surface area contributed by atoms with Gasteiger partial charge in [-0.25, -0.2) is 4.79 Å². The average molecular weight is 560 g/mol. The Balaban J connectivity index is 1.83. The first kappa shape index (κ1) is 22.4. The summed E-state index contributed by atoms with van der Waals surface area (Å²) >= 11 is 9.22. The van der Waals surface area contributed by atoms with E-state index in [1.807, 2.05) is 24.3 Å². The third kappa shape index (κ3) is 5.27. The van der Waals surface area contributed by atoms with E-state index in [0.717, 1.165) is 20.9 Å². The second-order valence-electron chi connectivity index (χ2n) is 6.11. The van der Waals surface area contributed by atoms with E-state index in [2.05, 4.69) is 22.6 Å². The van der Waals surface area contributed by atoms with Crippen LogP contribution < -0.4 is 9.47 Å². The molecule has 2 amide bonds. The van der Waals surface area contributed by atoms with Crippen LogP contribution in [0.15, 0.2) is 41.3 Å². The summed E-state index contributed by atoms with van der Waals surface area (Å²) in [6.45, 7) is -0.391. The van der Waals surface area contributed by atoms with Crippen molar-refractivity contribution in [3.05, 3.63) is 61.0 Å². The van der Waals surface area contributed by atoms with E-state index in [1.54, 1.807) is 6.07 Å². The molecule has 1 fully saturated rings. The Morgan fingerprint density at radius 2 is 1.97 bits per heavy atom. The van der Waals surface area contributed by atoms with Crippen LogP contribution in [0.2, 0.25) is 5.02 Å². The lowest BCUT2D eigenvalue weighted by Crippen LogP contribution is -2.27. The van der Waals surface area contributed by atoms with E-state index < -0.39 is 18.5 Å². The van der Waals surface area contributed by atoms with Gasteiger partial charge < -0.3 is 14.6 Å². The molecule has 1 aliphatic rings. The Morgan fingerprint density at radius 1 is 1.27 bits per heavy atom. The molecule has 1 N–H and O–H groups in total. The SMILES string of the molecule is COc1cc(/C=C2\SC(=O)N(Cc3ccc(I)cc3)C2=O)cc(Cl)c1OCC(=O)O. The van der Waals surface area contributed by atoms with Gasteiger partial charge in [0, 0.05) is 3.57 Å². The highest BCUT2D eigenvalue weighted by Gasteiger charge is 2.35. The standard InChI is InChI=1S/C20H15ClINO6S/c1-28-15-7-12(6-14(21)18(15)29-10-17(24)25)8-16-19(26)23(20(27)30-16)9-11-2-4-13(22)5-3-11/h2-8H,9-10H2,1H3,(H,24,25)/b16-8-. The smallest absolute Gasteiger partial charge is 0.341 e. The minimum Gasteiger partial charge on any atom is -0.493 e. The maximum Gasteiger partial charge on any atom is 0.341 e. The number of nitrogens with zero attached hydrogens (tertiary/aromatic N) is 1. The fraction of sp³-hybridized carbons (Fsp3) is 0.150. The number of halogens is 2. The zero-order chi connectivity index (χ0) is 21.8. The van der Waals surface area contributed by atoms with E-state index in [9.17, 15) is 14.4 Å². The van der Waals surface area contributed by atoms with Gasteiger partial charge in [-0.05, 0) is 75.8 Å². The quantitative estimate of drug-likeness (QED) is 0.390. The second-order valence-corrected chi connectivity index (χ2v) is 8.76. The Bertz CT molecular complexity index is 1040. The fourth-order valence-corrected chi connectivity index (χ4v) is 4.13. The maximum atomic E-state index is 12.7. The van der Waals surface area contributed by atoms with Crippen LogP contribution in [0.4, 0.5) is 4.79 Å². The van der Waals surface area contributed by atoms with Crippen LogP contribution in [-0.2, 0) is 16.1 Å². The highest BCUT2D eigenvalue weighted by Crippen LogP contribution is 2.39. The molecule has 3 rings (SSSR count). The largest absolute Gasteiger partial charge is 0.493 e. The number of aliphatic carboxylic acids is 1.